The molecule has 0 aliphatic heterocycles. The first-order chi connectivity index (χ1) is 11.0. The average molecular weight is 348 g/mol. The number of carbonyl (C=O) groups excluding carboxylic acids is 1. The Bertz CT molecular complexity index is 860. The fourth-order valence-corrected chi connectivity index (χ4v) is 3.08. The number of nitrogens with one attached hydrogen (secondary N) is 1. The Balaban J connectivity index is 1.71. The van der Waals surface area contributed by atoms with Crippen molar-refractivity contribution in [2.45, 2.75) is 19.5 Å². The first kappa shape index (κ1) is 15.8. The SMILES string of the molecule is C[C@H](NC(=O)Cn1cnc2ccccc21)c1ccc(Cl)cc1Cl. The molecule has 3 rings (SSSR count). The van der Waals surface area contributed by atoms with Crippen LogP contribution in [0.4, 0.5) is 0 Å². The van der Waals surface area contributed by atoms with Crippen molar-refractivity contribution in [2.24, 2.45) is 0 Å². The molecule has 118 valence electrons. The zero-order chi connectivity index (χ0) is 16.4. The first-order valence-electron chi connectivity index (χ1n) is 7.19. The number of amides is 1. The third-order valence-electron chi connectivity index (χ3n) is 3.65. The molecule has 0 fully saturated rings. The summed E-state index contributed by atoms with van der Waals surface area (Å²) in [5.74, 6) is -0.105. The van der Waals surface area contributed by atoms with Gasteiger partial charge in [0.25, 0.3) is 0 Å². The van der Waals surface area contributed by atoms with Gasteiger partial charge < -0.3 is 9.88 Å². The Morgan fingerprint density at radius 1 is 1.26 bits per heavy atom. The molecule has 0 unspecified atom stereocenters. The standard InChI is InChI=1S/C17H15Cl2N3O/c1-11(13-7-6-12(18)8-14(13)19)21-17(23)9-22-10-20-15-4-2-3-5-16(15)22/h2-8,10-11H,9H2,1H3,(H,21,23)/t11-/m0/s1. The Morgan fingerprint density at radius 2 is 2.04 bits per heavy atom. The third-order valence-corrected chi connectivity index (χ3v) is 4.21. The maximum atomic E-state index is 12.3. The molecular weight excluding hydrogens is 333 g/mol. The van der Waals surface area contributed by atoms with E-state index in [1.54, 1.807) is 18.5 Å². The summed E-state index contributed by atoms with van der Waals surface area (Å²) in [6.07, 6.45) is 1.67. The largest absolute Gasteiger partial charge is 0.348 e. The van der Waals surface area contributed by atoms with E-state index in [9.17, 15) is 4.79 Å². The molecule has 1 aromatic heterocycles. The van der Waals surface area contributed by atoms with Crippen molar-refractivity contribution in [3.05, 3.63) is 64.4 Å². The molecular formula is C17H15Cl2N3O. The van der Waals surface area contributed by atoms with E-state index in [0.29, 0.717) is 10.0 Å². The second-order valence-corrected chi connectivity index (χ2v) is 6.16. The van der Waals surface area contributed by atoms with Gasteiger partial charge in [0, 0.05) is 10.0 Å². The number of halogens is 2. The average Bonchev–Trinajstić information content (AvgIpc) is 2.90. The molecule has 1 atom stereocenters. The van der Waals surface area contributed by atoms with Crippen LogP contribution in [0.15, 0.2) is 48.8 Å². The number of rotatable bonds is 4. The van der Waals surface area contributed by atoms with Crippen LogP contribution in [0.1, 0.15) is 18.5 Å². The maximum Gasteiger partial charge on any atom is 0.240 e. The van der Waals surface area contributed by atoms with Gasteiger partial charge in [0.2, 0.25) is 5.91 Å². The van der Waals surface area contributed by atoms with Crippen LogP contribution in [-0.2, 0) is 11.3 Å². The van der Waals surface area contributed by atoms with Crippen LogP contribution in [-0.4, -0.2) is 15.5 Å². The molecule has 4 nitrogen and oxygen atoms in total. The number of para-hydroxylation sites is 2. The lowest BCUT2D eigenvalue weighted by molar-refractivity contribution is -0.122. The van der Waals surface area contributed by atoms with Crippen molar-refractivity contribution in [3.8, 4) is 0 Å². The Kier molecular flexibility index (Phi) is 4.55. The van der Waals surface area contributed by atoms with Gasteiger partial charge in [-0.25, -0.2) is 4.98 Å². The summed E-state index contributed by atoms with van der Waals surface area (Å²) in [7, 11) is 0. The van der Waals surface area contributed by atoms with Gasteiger partial charge >= 0.3 is 0 Å². The molecule has 0 aliphatic carbocycles. The summed E-state index contributed by atoms with van der Waals surface area (Å²) in [6.45, 7) is 2.09. The highest BCUT2D eigenvalue weighted by atomic mass is 35.5. The molecule has 1 heterocycles. The van der Waals surface area contributed by atoms with E-state index in [0.717, 1.165) is 16.6 Å². The van der Waals surface area contributed by atoms with Crippen molar-refractivity contribution < 1.29 is 4.79 Å². The van der Waals surface area contributed by atoms with Gasteiger partial charge in [-0.05, 0) is 36.8 Å². The van der Waals surface area contributed by atoms with E-state index >= 15 is 0 Å². The number of fused-ring (bicyclic) bond motifs is 1. The lowest BCUT2D eigenvalue weighted by atomic mass is 10.1. The Morgan fingerprint density at radius 3 is 2.83 bits per heavy atom. The van der Waals surface area contributed by atoms with Crippen LogP contribution in [0.3, 0.4) is 0 Å². The lowest BCUT2D eigenvalue weighted by Crippen LogP contribution is -2.30. The van der Waals surface area contributed by atoms with E-state index in [-0.39, 0.29) is 18.5 Å². The summed E-state index contributed by atoms with van der Waals surface area (Å²) >= 11 is 12.1. The van der Waals surface area contributed by atoms with Crippen molar-refractivity contribution in [1.29, 1.82) is 0 Å². The molecule has 1 amide bonds. The second kappa shape index (κ2) is 6.60. The van der Waals surface area contributed by atoms with E-state index in [4.69, 9.17) is 23.2 Å². The van der Waals surface area contributed by atoms with Crippen molar-refractivity contribution in [1.82, 2.24) is 14.9 Å². The van der Waals surface area contributed by atoms with Gasteiger partial charge in [0.15, 0.2) is 0 Å². The van der Waals surface area contributed by atoms with Gasteiger partial charge in [-0.3, -0.25) is 4.79 Å². The van der Waals surface area contributed by atoms with E-state index in [2.05, 4.69) is 10.3 Å². The second-order valence-electron chi connectivity index (χ2n) is 5.32. The molecule has 0 bridgehead atoms. The highest BCUT2D eigenvalue weighted by Gasteiger charge is 2.14. The Labute approximate surface area is 144 Å². The van der Waals surface area contributed by atoms with Crippen LogP contribution in [0.25, 0.3) is 11.0 Å². The van der Waals surface area contributed by atoms with Crippen molar-refractivity contribution in [2.75, 3.05) is 0 Å². The minimum Gasteiger partial charge on any atom is -0.348 e. The number of benzene rings is 2. The summed E-state index contributed by atoms with van der Waals surface area (Å²) in [4.78, 5) is 16.6. The van der Waals surface area contributed by atoms with E-state index in [1.807, 2.05) is 41.8 Å². The van der Waals surface area contributed by atoms with Gasteiger partial charge in [-0.2, -0.15) is 0 Å². The zero-order valence-electron chi connectivity index (χ0n) is 12.5. The smallest absolute Gasteiger partial charge is 0.240 e. The molecule has 0 radical (unpaired) electrons. The molecule has 6 heteroatoms. The molecule has 3 aromatic rings. The number of hydrogen-bond donors (Lipinski definition) is 1. The number of hydrogen-bond acceptors (Lipinski definition) is 2. The lowest BCUT2D eigenvalue weighted by Gasteiger charge is -2.16. The Hall–Kier alpha value is -2.04. The normalized spacial score (nSPS) is 12.3. The van der Waals surface area contributed by atoms with Gasteiger partial charge in [-0.15, -0.1) is 0 Å². The van der Waals surface area contributed by atoms with Crippen molar-refractivity contribution in [3.63, 3.8) is 0 Å². The summed E-state index contributed by atoms with van der Waals surface area (Å²) < 4.78 is 1.82. The summed E-state index contributed by atoms with van der Waals surface area (Å²) in [5, 5.41) is 4.06. The van der Waals surface area contributed by atoms with Gasteiger partial charge in [0.1, 0.15) is 6.54 Å². The maximum absolute atomic E-state index is 12.3. The quantitative estimate of drug-likeness (QED) is 0.767. The van der Waals surface area contributed by atoms with E-state index < -0.39 is 0 Å². The van der Waals surface area contributed by atoms with Crippen LogP contribution in [0.5, 0.6) is 0 Å². The number of nitrogens with zero attached hydrogens (tertiary/aromatic N) is 2. The molecule has 0 aliphatic rings. The van der Waals surface area contributed by atoms with Gasteiger partial charge in [-0.1, -0.05) is 41.4 Å². The fourth-order valence-electron chi connectivity index (χ4n) is 2.51. The number of imidazole rings is 1. The van der Waals surface area contributed by atoms with E-state index in [1.165, 1.54) is 0 Å². The topological polar surface area (TPSA) is 46.9 Å². The molecule has 0 saturated heterocycles. The minimum absolute atomic E-state index is 0.105. The summed E-state index contributed by atoms with van der Waals surface area (Å²) in [5.41, 5.74) is 2.63. The molecule has 0 saturated carbocycles. The van der Waals surface area contributed by atoms with Crippen LogP contribution < -0.4 is 5.32 Å². The molecule has 1 N–H and O–H groups in total. The number of aromatic nitrogens is 2. The van der Waals surface area contributed by atoms with Crippen molar-refractivity contribution >= 4 is 40.1 Å². The van der Waals surface area contributed by atoms with Gasteiger partial charge in [0.05, 0.1) is 23.4 Å². The highest BCUT2D eigenvalue weighted by molar-refractivity contribution is 6.35. The predicted molar refractivity (Wildman–Crippen MR) is 92.8 cm³/mol. The highest BCUT2D eigenvalue weighted by Crippen LogP contribution is 2.26. The first-order valence-corrected chi connectivity index (χ1v) is 7.94. The zero-order valence-corrected chi connectivity index (χ0v) is 14.0. The monoisotopic (exact) mass is 347 g/mol. The fraction of sp³-hybridized carbons (Fsp3) is 0.176. The number of carbonyl (C=O) groups is 1. The minimum atomic E-state index is -0.206. The summed E-state index contributed by atoms with van der Waals surface area (Å²) in [6, 6.07) is 12.7. The van der Waals surface area contributed by atoms with Crippen LogP contribution >= 0.6 is 23.2 Å². The molecule has 0 spiro atoms. The van der Waals surface area contributed by atoms with Crippen LogP contribution in [0, 0.1) is 0 Å². The predicted octanol–water partition coefficient (Wildman–Crippen LogP) is 4.22. The third kappa shape index (κ3) is 3.49. The molecule has 23 heavy (non-hydrogen) atoms. The van der Waals surface area contributed by atoms with Crippen LogP contribution in [0.2, 0.25) is 10.0 Å². The molecule has 2 aromatic carbocycles.